The molecule has 0 aliphatic carbocycles. The first kappa shape index (κ1) is 18.3. The lowest BCUT2D eigenvalue weighted by Gasteiger charge is -2.19. The molecule has 2 aromatic carbocycles. The number of aryl methyl sites for hydroxylation is 1. The fraction of sp³-hybridized carbons (Fsp3) is 0.238. The summed E-state index contributed by atoms with van der Waals surface area (Å²) in [5.41, 5.74) is 6.11. The van der Waals surface area contributed by atoms with Crippen molar-refractivity contribution >= 4 is 0 Å². The minimum atomic E-state index is -0.241. The van der Waals surface area contributed by atoms with Gasteiger partial charge in [0.25, 0.3) is 0 Å². The summed E-state index contributed by atoms with van der Waals surface area (Å²) >= 11 is 0. The summed E-state index contributed by atoms with van der Waals surface area (Å²) in [4.78, 5) is 3.41. The zero-order valence-electron chi connectivity index (χ0n) is 15.0. The molecule has 0 saturated carbocycles. The fourth-order valence-corrected chi connectivity index (χ4v) is 3.09. The second-order valence-electron chi connectivity index (χ2n) is 6.34. The average Bonchev–Trinajstić information content (AvgIpc) is 3.05. The molecule has 136 valence electrons. The maximum atomic E-state index is 13.2. The highest BCUT2D eigenvalue weighted by atomic mass is 19.1. The number of rotatable bonds is 7. The van der Waals surface area contributed by atoms with Crippen LogP contribution < -0.4 is 10.6 Å². The van der Waals surface area contributed by atoms with Crippen LogP contribution in [-0.4, -0.2) is 23.8 Å². The van der Waals surface area contributed by atoms with Gasteiger partial charge in [0.1, 0.15) is 5.82 Å². The molecule has 1 unspecified atom stereocenters. The fourth-order valence-electron chi connectivity index (χ4n) is 3.09. The molecule has 3 rings (SSSR count). The van der Waals surface area contributed by atoms with Crippen LogP contribution in [0.15, 0.2) is 54.6 Å². The summed E-state index contributed by atoms with van der Waals surface area (Å²) in [6.45, 7) is 2.73. The zero-order valence-corrected chi connectivity index (χ0v) is 15.0. The van der Waals surface area contributed by atoms with Crippen molar-refractivity contribution < 1.29 is 9.50 Å². The maximum absolute atomic E-state index is 13.2. The molecule has 0 aliphatic heterocycles. The third-order valence-corrected chi connectivity index (χ3v) is 4.50. The van der Waals surface area contributed by atoms with E-state index in [-0.39, 0.29) is 18.5 Å². The van der Waals surface area contributed by atoms with Crippen molar-refractivity contribution in [1.82, 2.24) is 15.6 Å². The van der Waals surface area contributed by atoms with E-state index in [9.17, 15) is 9.50 Å². The second-order valence-corrected chi connectivity index (χ2v) is 6.34. The van der Waals surface area contributed by atoms with Gasteiger partial charge in [-0.05, 0) is 66.6 Å². The van der Waals surface area contributed by atoms with E-state index in [4.69, 9.17) is 0 Å². The molecule has 3 aromatic rings. The van der Waals surface area contributed by atoms with Crippen LogP contribution in [0.1, 0.15) is 28.4 Å². The lowest BCUT2D eigenvalue weighted by Crippen LogP contribution is -2.30. The van der Waals surface area contributed by atoms with Crippen molar-refractivity contribution in [2.75, 3.05) is 13.7 Å². The SMILES string of the molecule is CNCNC(c1ccc(CO)cc1)c1cc(-c2ccc(F)cc2)[nH]c1C. The molecular weight excluding hydrogens is 329 g/mol. The highest BCUT2D eigenvalue weighted by Gasteiger charge is 2.18. The average molecular weight is 353 g/mol. The standard InChI is InChI=1S/C21H24FN3O/c1-14-19(11-20(25-14)16-7-9-18(22)10-8-16)21(24-13-23-2)17-5-3-15(12-26)4-6-17/h3-11,21,23-26H,12-13H2,1-2H3. The highest BCUT2D eigenvalue weighted by molar-refractivity contribution is 5.62. The van der Waals surface area contributed by atoms with E-state index >= 15 is 0 Å². The van der Waals surface area contributed by atoms with Crippen LogP contribution in [0.25, 0.3) is 11.3 Å². The van der Waals surface area contributed by atoms with Crippen molar-refractivity contribution in [3.05, 3.63) is 82.8 Å². The highest BCUT2D eigenvalue weighted by Crippen LogP contribution is 2.30. The Morgan fingerprint density at radius 2 is 1.77 bits per heavy atom. The molecule has 0 amide bonds. The topological polar surface area (TPSA) is 60.1 Å². The number of aromatic amines is 1. The first-order valence-electron chi connectivity index (χ1n) is 8.65. The second kappa shape index (κ2) is 8.27. The summed E-state index contributed by atoms with van der Waals surface area (Å²) in [6, 6.07) is 16.5. The van der Waals surface area contributed by atoms with E-state index in [0.717, 1.165) is 33.6 Å². The quantitative estimate of drug-likeness (QED) is 0.492. The first-order chi connectivity index (χ1) is 12.6. The van der Waals surface area contributed by atoms with Crippen molar-refractivity contribution in [3.63, 3.8) is 0 Å². The van der Waals surface area contributed by atoms with Crippen LogP contribution in [0.4, 0.5) is 4.39 Å². The molecule has 0 fully saturated rings. The molecule has 4 N–H and O–H groups in total. The number of nitrogens with one attached hydrogen (secondary N) is 3. The molecule has 1 atom stereocenters. The molecule has 26 heavy (non-hydrogen) atoms. The van der Waals surface area contributed by atoms with Gasteiger partial charge in [-0.2, -0.15) is 0 Å². The van der Waals surface area contributed by atoms with E-state index in [1.54, 1.807) is 12.1 Å². The third kappa shape index (κ3) is 4.02. The Morgan fingerprint density at radius 3 is 2.38 bits per heavy atom. The van der Waals surface area contributed by atoms with Crippen LogP contribution >= 0.6 is 0 Å². The van der Waals surface area contributed by atoms with E-state index in [1.165, 1.54) is 12.1 Å². The number of aliphatic hydroxyl groups excluding tert-OH is 1. The molecule has 0 radical (unpaired) electrons. The van der Waals surface area contributed by atoms with E-state index in [0.29, 0.717) is 6.67 Å². The zero-order chi connectivity index (χ0) is 18.5. The van der Waals surface area contributed by atoms with Gasteiger partial charge in [-0.15, -0.1) is 0 Å². The van der Waals surface area contributed by atoms with Gasteiger partial charge in [-0.25, -0.2) is 4.39 Å². The van der Waals surface area contributed by atoms with Gasteiger partial charge >= 0.3 is 0 Å². The number of H-pyrrole nitrogens is 1. The van der Waals surface area contributed by atoms with Gasteiger partial charge in [0.05, 0.1) is 12.6 Å². The Bertz CT molecular complexity index is 841. The van der Waals surface area contributed by atoms with Crippen LogP contribution in [-0.2, 0) is 6.61 Å². The van der Waals surface area contributed by atoms with E-state index in [1.807, 2.05) is 38.2 Å². The lowest BCUT2D eigenvalue weighted by atomic mass is 9.97. The normalized spacial score (nSPS) is 12.3. The molecule has 1 aromatic heterocycles. The van der Waals surface area contributed by atoms with E-state index < -0.39 is 0 Å². The molecule has 0 saturated heterocycles. The van der Waals surface area contributed by atoms with Gasteiger partial charge in [-0.1, -0.05) is 24.3 Å². The van der Waals surface area contributed by atoms with Crippen molar-refractivity contribution in [1.29, 1.82) is 0 Å². The number of benzene rings is 2. The van der Waals surface area contributed by atoms with Gasteiger partial charge in [0, 0.05) is 18.1 Å². The molecule has 4 nitrogen and oxygen atoms in total. The number of aliphatic hydroxyl groups is 1. The summed E-state index contributed by atoms with van der Waals surface area (Å²) in [7, 11) is 1.90. The Hall–Kier alpha value is -2.47. The number of hydrogen-bond acceptors (Lipinski definition) is 3. The first-order valence-corrected chi connectivity index (χ1v) is 8.65. The summed E-state index contributed by atoms with van der Waals surface area (Å²) in [6.07, 6.45) is 0. The largest absolute Gasteiger partial charge is 0.392 e. The van der Waals surface area contributed by atoms with Gasteiger partial charge < -0.3 is 15.4 Å². The molecule has 5 heteroatoms. The number of aromatic nitrogens is 1. The minimum Gasteiger partial charge on any atom is -0.392 e. The summed E-state index contributed by atoms with van der Waals surface area (Å²) < 4.78 is 13.2. The number of hydrogen-bond donors (Lipinski definition) is 4. The Morgan fingerprint density at radius 1 is 1.08 bits per heavy atom. The monoisotopic (exact) mass is 353 g/mol. The smallest absolute Gasteiger partial charge is 0.123 e. The summed E-state index contributed by atoms with van der Waals surface area (Å²) in [5, 5.41) is 15.9. The lowest BCUT2D eigenvalue weighted by molar-refractivity contribution is 0.282. The summed E-state index contributed by atoms with van der Waals surface area (Å²) in [5.74, 6) is -0.241. The van der Waals surface area contributed by atoms with Crippen molar-refractivity contribution in [2.45, 2.75) is 19.6 Å². The Kier molecular flexibility index (Phi) is 5.83. The van der Waals surface area contributed by atoms with Gasteiger partial charge in [0.15, 0.2) is 0 Å². The molecule has 0 aliphatic rings. The predicted molar refractivity (Wildman–Crippen MR) is 102 cm³/mol. The molecule has 0 bridgehead atoms. The van der Waals surface area contributed by atoms with Crippen LogP contribution in [0.3, 0.4) is 0 Å². The Labute approximate surface area is 153 Å². The van der Waals surface area contributed by atoms with Crippen molar-refractivity contribution in [2.24, 2.45) is 0 Å². The molecular formula is C21H24FN3O. The van der Waals surface area contributed by atoms with Crippen LogP contribution in [0.2, 0.25) is 0 Å². The van der Waals surface area contributed by atoms with Gasteiger partial charge in [-0.3, -0.25) is 5.32 Å². The van der Waals surface area contributed by atoms with Crippen molar-refractivity contribution in [3.8, 4) is 11.3 Å². The predicted octanol–water partition coefficient (Wildman–Crippen LogP) is 3.48. The third-order valence-electron chi connectivity index (χ3n) is 4.50. The maximum Gasteiger partial charge on any atom is 0.123 e. The van der Waals surface area contributed by atoms with Gasteiger partial charge in [0.2, 0.25) is 0 Å². The van der Waals surface area contributed by atoms with Crippen LogP contribution in [0.5, 0.6) is 0 Å². The molecule has 0 spiro atoms. The number of halogens is 1. The minimum absolute atomic E-state index is 0.000594. The Balaban J connectivity index is 1.96. The van der Waals surface area contributed by atoms with E-state index in [2.05, 4.69) is 21.7 Å². The molecule has 1 heterocycles. The van der Waals surface area contributed by atoms with Crippen LogP contribution in [0, 0.1) is 12.7 Å².